The van der Waals surface area contributed by atoms with Gasteiger partial charge in [0.1, 0.15) is 39.3 Å². The first-order valence-electron chi connectivity index (χ1n) is 10.9. The number of Topliss-reactive ketones (excluding diaryl/α,β-unsaturated/α-hetero) is 1. The minimum atomic E-state index is 0.305. The van der Waals surface area contributed by atoms with Gasteiger partial charge >= 0.3 is 0 Å². The van der Waals surface area contributed by atoms with Gasteiger partial charge in [-0.05, 0) is 51.0 Å². The van der Waals surface area contributed by atoms with Crippen LogP contribution in [-0.2, 0) is 6.54 Å². The molecule has 0 unspecified atom stereocenters. The number of ketones is 1. The summed E-state index contributed by atoms with van der Waals surface area (Å²) < 4.78 is 13.3. The molecule has 154 valence electrons. The Morgan fingerprint density at radius 1 is 1.03 bits per heavy atom. The topological polar surface area (TPSA) is 49.3 Å². The fourth-order valence-corrected chi connectivity index (χ4v) is 4.93. The number of carbonyl (C=O) groups is 1. The smallest absolute Gasteiger partial charge is 0.231 e. The molecule has 0 amide bonds. The van der Waals surface area contributed by atoms with Crippen molar-refractivity contribution in [1.29, 1.82) is 0 Å². The molecule has 0 spiro atoms. The minimum absolute atomic E-state index is 0.305. The third-order valence-corrected chi connectivity index (χ3v) is 6.66. The maximum Gasteiger partial charge on any atom is 0.231 e. The largest absolute Gasteiger partial charge is 0.454 e. The number of benzene rings is 1. The molecule has 2 fully saturated rings. The van der Waals surface area contributed by atoms with Crippen LogP contribution in [-0.4, -0.2) is 49.9 Å². The lowest BCUT2D eigenvalue weighted by atomic mass is 10.1. The first kappa shape index (κ1) is 18.7. The number of quaternary nitrogens is 2. The molecule has 29 heavy (non-hydrogen) atoms. The number of aromatic nitrogens is 1. The Bertz CT molecular complexity index is 924. The van der Waals surface area contributed by atoms with Gasteiger partial charge in [0.2, 0.25) is 12.6 Å². The monoisotopic (exact) mass is 397 g/mol. The molecule has 6 nitrogen and oxygen atoms in total. The fraction of sp³-hybridized carbons (Fsp3) is 0.522. The third kappa shape index (κ3) is 3.79. The summed E-state index contributed by atoms with van der Waals surface area (Å²) >= 11 is 0. The molecule has 5 rings (SSSR count). The third-order valence-electron chi connectivity index (χ3n) is 6.66. The highest BCUT2D eigenvalue weighted by Crippen LogP contribution is 2.38. The number of piperazine rings is 1. The summed E-state index contributed by atoms with van der Waals surface area (Å²) in [5, 5.41) is 0. The Balaban J connectivity index is 1.15. The van der Waals surface area contributed by atoms with Gasteiger partial charge < -0.3 is 23.8 Å². The molecule has 1 aromatic carbocycles. The number of ether oxygens (including phenoxy) is 2. The van der Waals surface area contributed by atoms with E-state index < -0.39 is 0 Å². The predicted octanol–water partition coefficient (Wildman–Crippen LogP) is 0.335. The van der Waals surface area contributed by atoms with Gasteiger partial charge in [0.15, 0.2) is 11.5 Å². The van der Waals surface area contributed by atoms with E-state index in [2.05, 4.69) is 36.6 Å². The van der Waals surface area contributed by atoms with Gasteiger partial charge in [-0.25, -0.2) is 0 Å². The van der Waals surface area contributed by atoms with E-state index in [1.165, 1.54) is 34.7 Å². The van der Waals surface area contributed by atoms with Crippen LogP contribution in [0, 0.1) is 13.8 Å². The lowest BCUT2D eigenvalue weighted by Crippen LogP contribution is -3.27. The van der Waals surface area contributed by atoms with Crippen LogP contribution in [0.1, 0.15) is 46.2 Å². The Hall–Kier alpha value is -2.31. The zero-order valence-electron chi connectivity index (χ0n) is 17.4. The minimum Gasteiger partial charge on any atom is -0.454 e. The first-order chi connectivity index (χ1) is 14.1. The van der Waals surface area contributed by atoms with Crippen molar-refractivity contribution in [2.24, 2.45) is 0 Å². The van der Waals surface area contributed by atoms with Crippen LogP contribution in [0.15, 0.2) is 24.3 Å². The van der Waals surface area contributed by atoms with Crippen molar-refractivity contribution in [3.8, 4) is 11.5 Å². The van der Waals surface area contributed by atoms with Crippen molar-refractivity contribution in [1.82, 2.24) is 4.57 Å². The van der Waals surface area contributed by atoms with Crippen LogP contribution >= 0.6 is 0 Å². The molecule has 1 aliphatic carbocycles. The Labute approximate surface area is 172 Å². The van der Waals surface area contributed by atoms with Crippen LogP contribution in [0.2, 0.25) is 0 Å². The molecule has 2 aromatic rings. The molecule has 6 heteroatoms. The Morgan fingerprint density at radius 3 is 2.52 bits per heavy atom. The zero-order chi connectivity index (χ0) is 20.0. The van der Waals surface area contributed by atoms with E-state index in [0.717, 1.165) is 49.8 Å². The van der Waals surface area contributed by atoms with Crippen LogP contribution < -0.4 is 19.3 Å². The SMILES string of the molecule is Cc1cc(C(=O)C[NH+]2CC[NH+](Cc3ccc4c(c3)OCO4)CC2)c(C)n1C1CC1. The summed E-state index contributed by atoms with van der Waals surface area (Å²) in [7, 11) is 0. The number of hydrogen-bond acceptors (Lipinski definition) is 3. The average molecular weight is 398 g/mol. The van der Waals surface area contributed by atoms with Crippen LogP contribution in [0.25, 0.3) is 0 Å². The molecule has 1 saturated carbocycles. The molecule has 1 saturated heterocycles. The molecule has 0 bridgehead atoms. The summed E-state index contributed by atoms with van der Waals surface area (Å²) in [5.41, 5.74) is 4.64. The standard InChI is InChI=1S/C23H29N3O3/c1-16-11-20(17(2)26(16)19-4-5-19)21(27)14-25-9-7-24(8-10-25)13-18-3-6-22-23(12-18)29-15-28-22/h3,6,11-12,19H,4-5,7-10,13-15H2,1-2H3/p+2. The Kier molecular flexibility index (Phi) is 4.84. The second-order valence-electron chi connectivity index (χ2n) is 8.85. The summed E-state index contributed by atoms with van der Waals surface area (Å²) in [5.74, 6) is 2.01. The Morgan fingerprint density at radius 2 is 1.76 bits per heavy atom. The highest BCUT2D eigenvalue weighted by Gasteiger charge is 2.30. The van der Waals surface area contributed by atoms with E-state index in [1.807, 2.05) is 6.07 Å². The summed E-state index contributed by atoms with van der Waals surface area (Å²) in [6, 6.07) is 8.99. The molecule has 1 aromatic heterocycles. The summed E-state index contributed by atoms with van der Waals surface area (Å²) in [6.07, 6.45) is 2.51. The number of fused-ring (bicyclic) bond motifs is 1. The maximum absolute atomic E-state index is 13.0. The number of carbonyl (C=O) groups excluding carboxylic acids is 1. The molecule has 0 atom stereocenters. The molecule has 2 N–H and O–H groups in total. The number of aryl methyl sites for hydroxylation is 1. The number of hydrogen-bond donors (Lipinski definition) is 2. The van der Waals surface area contributed by atoms with E-state index in [0.29, 0.717) is 25.2 Å². The van der Waals surface area contributed by atoms with E-state index >= 15 is 0 Å². The van der Waals surface area contributed by atoms with Crippen molar-refractivity contribution in [3.05, 3.63) is 46.8 Å². The quantitative estimate of drug-likeness (QED) is 0.691. The zero-order valence-corrected chi connectivity index (χ0v) is 17.4. The van der Waals surface area contributed by atoms with Gasteiger partial charge in [0.25, 0.3) is 0 Å². The van der Waals surface area contributed by atoms with Gasteiger partial charge in [-0.2, -0.15) is 0 Å². The van der Waals surface area contributed by atoms with Crippen LogP contribution in [0.4, 0.5) is 0 Å². The fourth-order valence-electron chi connectivity index (χ4n) is 4.93. The normalized spacial score (nSPS) is 23.4. The maximum atomic E-state index is 13.0. The summed E-state index contributed by atoms with van der Waals surface area (Å²) in [4.78, 5) is 15.9. The number of nitrogens with zero attached hydrogens (tertiary/aromatic N) is 1. The molecule has 3 heterocycles. The molecule has 3 aliphatic rings. The van der Waals surface area contributed by atoms with Crippen molar-refractivity contribution >= 4 is 5.78 Å². The van der Waals surface area contributed by atoms with Gasteiger partial charge in [0.05, 0.1) is 0 Å². The van der Waals surface area contributed by atoms with Gasteiger partial charge in [-0.3, -0.25) is 4.79 Å². The molecular weight excluding hydrogens is 366 g/mol. The van der Waals surface area contributed by atoms with Crippen molar-refractivity contribution in [2.45, 2.75) is 39.3 Å². The molecule has 2 aliphatic heterocycles. The van der Waals surface area contributed by atoms with Crippen molar-refractivity contribution < 1.29 is 24.1 Å². The lowest BCUT2D eigenvalue weighted by Gasteiger charge is -2.29. The van der Waals surface area contributed by atoms with Crippen molar-refractivity contribution in [3.63, 3.8) is 0 Å². The van der Waals surface area contributed by atoms with E-state index in [-0.39, 0.29) is 0 Å². The van der Waals surface area contributed by atoms with Crippen molar-refractivity contribution in [2.75, 3.05) is 39.5 Å². The average Bonchev–Trinajstić information content (AvgIpc) is 3.34. The predicted molar refractivity (Wildman–Crippen MR) is 109 cm³/mol. The van der Waals surface area contributed by atoms with Crippen LogP contribution in [0.3, 0.4) is 0 Å². The second kappa shape index (κ2) is 7.50. The summed E-state index contributed by atoms with van der Waals surface area (Å²) in [6.45, 7) is 10.5. The van der Waals surface area contributed by atoms with Gasteiger partial charge in [0, 0.05) is 28.6 Å². The van der Waals surface area contributed by atoms with Gasteiger partial charge in [-0.1, -0.05) is 0 Å². The van der Waals surface area contributed by atoms with E-state index in [9.17, 15) is 4.79 Å². The van der Waals surface area contributed by atoms with Gasteiger partial charge in [-0.15, -0.1) is 0 Å². The van der Waals surface area contributed by atoms with Crippen LogP contribution in [0.5, 0.6) is 11.5 Å². The lowest BCUT2D eigenvalue weighted by molar-refractivity contribution is -1.01. The number of rotatable bonds is 6. The second-order valence-corrected chi connectivity index (χ2v) is 8.85. The van der Waals surface area contributed by atoms with E-state index in [4.69, 9.17) is 9.47 Å². The number of nitrogens with one attached hydrogen (secondary N) is 2. The highest BCUT2D eigenvalue weighted by molar-refractivity contribution is 5.98. The molecular formula is C23H31N3O3+2. The first-order valence-corrected chi connectivity index (χ1v) is 10.9. The molecule has 0 radical (unpaired) electrons. The highest BCUT2D eigenvalue weighted by atomic mass is 16.7. The van der Waals surface area contributed by atoms with E-state index in [1.54, 1.807) is 4.90 Å².